The summed E-state index contributed by atoms with van der Waals surface area (Å²) < 4.78 is 17.1. The van der Waals surface area contributed by atoms with E-state index < -0.39 is 0 Å². The van der Waals surface area contributed by atoms with Crippen LogP contribution in [0.1, 0.15) is 40.5 Å². The van der Waals surface area contributed by atoms with Crippen molar-refractivity contribution in [2.24, 2.45) is 11.8 Å². The first kappa shape index (κ1) is 15.5. The normalized spacial score (nSPS) is 37.5. The van der Waals surface area contributed by atoms with E-state index in [0.717, 1.165) is 18.4 Å². The summed E-state index contributed by atoms with van der Waals surface area (Å²) in [4.78, 5) is 11.3. The van der Waals surface area contributed by atoms with Crippen LogP contribution in [-0.4, -0.2) is 31.1 Å². The summed E-state index contributed by atoms with van der Waals surface area (Å²) in [7, 11) is 0. The molecule has 1 aliphatic carbocycles. The molecule has 0 aromatic carbocycles. The van der Waals surface area contributed by atoms with E-state index in [1.165, 1.54) is 12.8 Å². The first-order valence-electron chi connectivity index (χ1n) is 7.37. The zero-order valence-electron chi connectivity index (χ0n) is 12.8. The summed E-state index contributed by atoms with van der Waals surface area (Å²) in [6, 6.07) is 0. The van der Waals surface area contributed by atoms with E-state index in [1.807, 2.05) is 13.8 Å². The van der Waals surface area contributed by atoms with Gasteiger partial charge in [-0.05, 0) is 20.3 Å². The van der Waals surface area contributed by atoms with Crippen molar-refractivity contribution in [1.82, 2.24) is 0 Å². The Hall–Kier alpha value is -0.870. The lowest BCUT2D eigenvalue weighted by Gasteiger charge is -2.41. The van der Waals surface area contributed by atoms with Crippen LogP contribution in [0.3, 0.4) is 0 Å². The predicted octanol–water partition coefficient (Wildman–Crippen LogP) is 2.88. The van der Waals surface area contributed by atoms with Crippen molar-refractivity contribution in [2.75, 3.05) is 6.61 Å². The Kier molecular flexibility index (Phi) is 4.86. The van der Waals surface area contributed by atoms with Crippen LogP contribution in [-0.2, 0) is 19.0 Å². The lowest BCUT2D eigenvalue weighted by molar-refractivity contribution is -0.156. The zero-order chi connectivity index (χ0) is 14.9. The maximum atomic E-state index is 11.3. The first-order chi connectivity index (χ1) is 9.43. The lowest BCUT2D eigenvalue weighted by atomic mass is 9.69. The molecular formula is C16H25O4. The van der Waals surface area contributed by atoms with Gasteiger partial charge in [-0.15, -0.1) is 0 Å². The zero-order valence-corrected chi connectivity index (χ0v) is 12.8. The van der Waals surface area contributed by atoms with E-state index >= 15 is 0 Å². The minimum Gasteiger partial charge on any atom is -0.462 e. The first-order valence-corrected chi connectivity index (χ1v) is 7.37. The van der Waals surface area contributed by atoms with Crippen molar-refractivity contribution in [3.8, 4) is 0 Å². The van der Waals surface area contributed by atoms with Crippen LogP contribution >= 0.6 is 0 Å². The highest BCUT2D eigenvalue weighted by atomic mass is 16.7. The monoisotopic (exact) mass is 281 g/mol. The number of esters is 1. The highest BCUT2D eigenvalue weighted by Crippen LogP contribution is 2.48. The number of hydrogen-bond donors (Lipinski definition) is 0. The van der Waals surface area contributed by atoms with Gasteiger partial charge >= 0.3 is 5.97 Å². The van der Waals surface area contributed by atoms with E-state index in [0.29, 0.717) is 6.61 Å². The molecule has 0 N–H and O–H groups in total. The molecule has 0 amide bonds. The van der Waals surface area contributed by atoms with Gasteiger partial charge < -0.3 is 14.2 Å². The Morgan fingerprint density at radius 2 is 2.10 bits per heavy atom. The van der Waals surface area contributed by atoms with Crippen LogP contribution in [0.4, 0.5) is 0 Å². The number of ether oxygens (including phenoxy) is 3. The third-order valence-electron chi connectivity index (χ3n) is 4.40. The van der Waals surface area contributed by atoms with Gasteiger partial charge in [0.2, 0.25) is 0 Å². The molecule has 1 heterocycles. The molecule has 5 atom stereocenters. The van der Waals surface area contributed by atoms with E-state index in [2.05, 4.69) is 13.5 Å². The van der Waals surface area contributed by atoms with E-state index in [-0.39, 0.29) is 36.3 Å². The van der Waals surface area contributed by atoms with Gasteiger partial charge in [0.1, 0.15) is 6.10 Å². The van der Waals surface area contributed by atoms with E-state index in [4.69, 9.17) is 14.2 Å². The van der Waals surface area contributed by atoms with Crippen LogP contribution in [0, 0.1) is 17.8 Å². The van der Waals surface area contributed by atoms with Gasteiger partial charge in [-0.3, -0.25) is 4.79 Å². The van der Waals surface area contributed by atoms with Crippen molar-refractivity contribution >= 4 is 5.97 Å². The molecule has 4 heteroatoms. The molecule has 0 bridgehead atoms. The fourth-order valence-electron chi connectivity index (χ4n) is 3.39. The van der Waals surface area contributed by atoms with Crippen LogP contribution in [0.2, 0.25) is 0 Å². The van der Waals surface area contributed by atoms with Crippen LogP contribution in [0.5, 0.6) is 0 Å². The fourth-order valence-corrected chi connectivity index (χ4v) is 3.39. The smallest absolute Gasteiger partial charge is 0.302 e. The maximum Gasteiger partial charge on any atom is 0.302 e. The van der Waals surface area contributed by atoms with Gasteiger partial charge in [0.25, 0.3) is 0 Å². The Morgan fingerprint density at radius 3 is 2.65 bits per heavy atom. The molecule has 1 radical (unpaired) electrons. The molecular weight excluding hydrogens is 256 g/mol. The Balaban J connectivity index is 2.15. The molecule has 2 aliphatic rings. The second kappa shape index (κ2) is 6.27. The lowest BCUT2D eigenvalue weighted by Crippen LogP contribution is -2.44. The summed E-state index contributed by atoms with van der Waals surface area (Å²) in [6.07, 6.45) is 1.44. The molecule has 1 aliphatic heterocycles. The number of fused-ring (bicyclic) bond motifs is 1. The SMILES string of the molecule is C=C(C)[C@@H]1CC(OC(C)=O)[C](C)[C@H]2CC(OCC)O[C@H]21. The standard InChI is InChI=1S/C16H25O4/c1-6-18-15-8-13-10(4)14(19-11(5)17)7-12(9(2)3)16(13)20-15/h12-16H,2,6-8H2,1,3-5H3/t12-,13+,14?,15?,16-/m0/s1. The molecule has 1 saturated heterocycles. The summed E-state index contributed by atoms with van der Waals surface area (Å²) in [5, 5.41) is 0. The molecule has 20 heavy (non-hydrogen) atoms. The van der Waals surface area contributed by atoms with Crippen molar-refractivity contribution < 1.29 is 19.0 Å². The fraction of sp³-hybridized carbons (Fsp3) is 0.750. The minimum absolute atomic E-state index is 0.107. The molecule has 2 fully saturated rings. The van der Waals surface area contributed by atoms with Crippen LogP contribution < -0.4 is 0 Å². The van der Waals surface area contributed by atoms with E-state index in [1.54, 1.807) is 0 Å². The van der Waals surface area contributed by atoms with Gasteiger partial charge in [0.05, 0.1) is 6.10 Å². The Morgan fingerprint density at radius 1 is 1.40 bits per heavy atom. The molecule has 1 saturated carbocycles. The predicted molar refractivity (Wildman–Crippen MR) is 75.8 cm³/mol. The summed E-state index contributed by atoms with van der Waals surface area (Å²) >= 11 is 0. The largest absolute Gasteiger partial charge is 0.462 e. The molecule has 113 valence electrons. The quantitative estimate of drug-likeness (QED) is 0.587. The topological polar surface area (TPSA) is 44.8 Å². The van der Waals surface area contributed by atoms with Gasteiger partial charge in [-0.25, -0.2) is 0 Å². The summed E-state index contributed by atoms with van der Waals surface area (Å²) in [6.45, 7) is 12.2. The molecule has 0 spiro atoms. The number of rotatable bonds is 4. The average molecular weight is 281 g/mol. The van der Waals surface area contributed by atoms with Crippen molar-refractivity contribution in [3.05, 3.63) is 18.1 Å². The van der Waals surface area contributed by atoms with E-state index in [9.17, 15) is 4.79 Å². The third-order valence-corrected chi connectivity index (χ3v) is 4.40. The van der Waals surface area contributed by atoms with Gasteiger partial charge in [-0.1, -0.05) is 19.1 Å². The summed E-state index contributed by atoms with van der Waals surface area (Å²) in [5.41, 5.74) is 1.09. The highest BCUT2D eigenvalue weighted by Gasteiger charge is 2.50. The van der Waals surface area contributed by atoms with Gasteiger partial charge in [-0.2, -0.15) is 0 Å². The van der Waals surface area contributed by atoms with Gasteiger partial charge in [0.15, 0.2) is 6.29 Å². The number of carbonyl (C=O) groups is 1. The second-order valence-corrected chi connectivity index (χ2v) is 5.86. The summed E-state index contributed by atoms with van der Waals surface area (Å²) in [5.74, 6) is 1.48. The van der Waals surface area contributed by atoms with Gasteiger partial charge in [0, 0.05) is 37.7 Å². The second-order valence-electron chi connectivity index (χ2n) is 5.86. The molecule has 0 aromatic rings. The average Bonchev–Trinajstić information content (AvgIpc) is 2.76. The molecule has 4 nitrogen and oxygen atoms in total. The Bertz CT molecular complexity index is 379. The maximum absolute atomic E-state index is 11.3. The minimum atomic E-state index is -0.228. The number of hydrogen-bond acceptors (Lipinski definition) is 4. The molecule has 2 rings (SSSR count). The van der Waals surface area contributed by atoms with Crippen LogP contribution in [0.25, 0.3) is 0 Å². The molecule has 0 aromatic heterocycles. The number of carbonyl (C=O) groups excluding carboxylic acids is 1. The van der Waals surface area contributed by atoms with Crippen molar-refractivity contribution in [3.63, 3.8) is 0 Å². The Labute approximate surface area is 121 Å². The third kappa shape index (κ3) is 3.07. The molecule has 2 unspecified atom stereocenters. The van der Waals surface area contributed by atoms with Crippen LogP contribution in [0.15, 0.2) is 12.2 Å². The highest BCUT2D eigenvalue weighted by molar-refractivity contribution is 5.66. The van der Waals surface area contributed by atoms with Crippen molar-refractivity contribution in [1.29, 1.82) is 0 Å². The van der Waals surface area contributed by atoms with Crippen molar-refractivity contribution in [2.45, 2.75) is 59.0 Å².